The number of carbonyl (C=O) groups is 1. The summed E-state index contributed by atoms with van der Waals surface area (Å²) in [6.07, 6.45) is -0.935. The number of hydrogen-bond donors (Lipinski definition) is 0. The van der Waals surface area contributed by atoms with Gasteiger partial charge in [0, 0.05) is 19.3 Å². The smallest absolute Gasteiger partial charge is 0.417 e. The van der Waals surface area contributed by atoms with Gasteiger partial charge in [0.2, 0.25) is 0 Å². The molecule has 0 atom stereocenters. The second-order valence-corrected chi connectivity index (χ2v) is 7.65. The number of nitrogens with zero attached hydrogens (tertiary/aromatic N) is 3. The summed E-state index contributed by atoms with van der Waals surface area (Å²) in [6, 6.07) is 6.29. The average molecular weight is 465 g/mol. The van der Waals surface area contributed by atoms with Crippen LogP contribution in [0, 0.1) is 5.82 Å². The number of rotatable bonds is 8. The molecule has 3 aromatic rings. The monoisotopic (exact) mass is 465 g/mol. The number of esters is 1. The van der Waals surface area contributed by atoms with Gasteiger partial charge >= 0.3 is 12.1 Å². The third-order valence-corrected chi connectivity index (χ3v) is 4.70. The molecule has 0 saturated carbocycles. The largest absolute Gasteiger partial charge is 0.487 e. The fourth-order valence-corrected chi connectivity index (χ4v) is 3.21. The molecule has 0 radical (unpaired) electrons. The van der Waals surface area contributed by atoms with Crippen molar-refractivity contribution in [3.05, 3.63) is 65.4 Å². The summed E-state index contributed by atoms with van der Waals surface area (Å²) >= 11 is 0. The minimum Gasteiger partial charge on any atom is -0.487 e. The van der Waals surface area contributed by atoms with Crippen molar-refractivity contribution in [1.82, 2.24) is 14.8 Å². The minimum atomic E-state index is -4.46. The number of aryl methyl sites for hydroxylation is 1. The Morgan fingerprint density at radius 1 is 1.18 bits per heavy atom. The van der Waals surface area contributed by atoms with Crippen LogP contribution in [0.4, 0.5) is 17.6 Å². The van der Waals surface area contributed by atoms with Crippen LogP contribution in [0.2, 0.25) is 0 Å². The maximum Gasteiger partial charge on any atom is 0.417 e. The van der Waals surface area contributed by atoms with E-state index in [1.807, 2.05) is 13.8 Å². The molecular weight excluding hydrogens is 442 g/mol. The van der Waals surface area contributed by atoms with E-state index in [0.29, 0.717) is 12.8 Å². The van der Waals surface area contributed by atoms with Crippen LogP contribution in [0.5, 0.6) is 11.5 Å². The molecule has 0 spiro atoms. The van der Waals surface area contributed by atoms with Crippen molar-refractivity contribution >= 4 is 5.97 Å². The van der Waals surface area contributed by atoms with E-state index in [1.54, 1.807) is 6.20 Å². The lowest BCUT2D eigenvalue weighted by Gasteiger charge is -2.11. The Morgan fingerprint density at radius 2 is 1.94 bits per heavy atom. The second-order valence-electron chi connectivity index (χ2n) is 7.65. The molecule has 0 amide bonds. The molecule has 0 saturated heterocycles. The number of pyridine rings is 1. The number of para-hydroxylation sites is 1. The average Bonchev–Trinajstić information content (AvgIpc) is 3.16. The third kappa shape index (κ3) is 6.09. The van der Waals surface area contributed by atoms with Gasteiger partial charge in [-0.3, -0.25) is 4.79 Å². The van der Waals surface area contributed by atoms with Crippen molar-refractivity contribution in [1.29, 1.82) is 0 Å². The molecule has 33 heavy (non-hydrogen) atoms. The van der Waals surface area contributed by atoms with Crippen LogP contribution in [0.1, 0.15) is 49.9 Å². The minimum absolute atomic E-state index is 0.00608. The van der Waals surface area contributed by atoms with Gasteiger partial charge in [-0.1, -0.05) is 19.9 Å². The summed E-state index contributed by atoms with van der Waals surface area (Å²) in [5, 5.41) is 4.48. The fourth-order valence-electron chi connectivity index (χ4n) is 3.21. The van der Waals surface area contributed by atoms with Crippen molar-refractivity contribution in [2.75, 3.05) is 6.61 Å². The van der Waals surface area contributed by atoms with Crippen LogP contribution in [-0.2, 0) is 17.4 Å². The lowest BCUT2D eigenvalue weighted by Crippen LogP contribution is -2.07. The van der Waals surface area contributed by atoms with Gasteiger partial charge in [-0.05, 0) is 48.6 Å². The summed E-state index contributed by atoms with van der Waals surface area (Å²) in [5.41, 5.74) is 0.827. The van der Waals surface area contributed by atoms with Crippen LogP contribution in [0.3, 0.4) is 0 Å². The number of halogens is 4. The molecule has 3 rings (SSSR count). The van der Waals surface area contributed by atoms with Crippen LogP contribution in [-0.4, -0.2) is 27.3 Å². The zero-order valence-electron chi connectivity index (χ0n) is 18.3. The molecule has 0 aliphatic heterocycles. The number of aromatic nitrogens is 3. The number of benzene rings is 1. The quantitative estimate of drug-likeness (QED) is 0.191. The first kappa shape index (κ1) is 24.2. The van der Waals surface area contributed by atoms with Crippen LogP contribution < -0.4 is 9.47 Å². The topological polar surface area (TPSA) is 66.2 Å². The van der Waals surface area contributed by atoms with E-state index in [-0.39, 0.29) is 29.8 Å². The van der Waals surface area contributed by atoms with Gasteiger partial charge in [0.15, 0.2) is 23.1 Å². The van der Waals surface area contributed by atoms with Crippen molar-refractivity contribution in [2.24, 2.45) is 0 Å². The molecule has 10 heteroatoms. The van der Waals surface area contributed by atoms with Gasteiger partial charge in [0.25, 0.3) is 0 Å². The predicted molar refractivity (Wildman–Crippen MR) is 112 cm³/mol. The van der Waals surface area contributed by atoms with Gasteiger partial charge < -0.3 is 9.47 Å². The Balaban J connectivity index is 1.70. The van der Waals surface area contributed by atoms with E-state index >= 15 is 0 Å². The highest BCUT2D eigenvalue weighted by Crippen LogP contribution is 2.31. The summed E-state index contributed by atoms with van der Waals surface area (Å²) < 4.78 is 64.4. The predicted octanol–water partition coefficient (Wildman–Crippen LogP) is 5.49. The van der Waals surface area contributed by atoms with Gasteiger partial charge in [0.1, 0.15) is 0 Å². The Labute approximate surface area is 188 Å². The molecule has 0 bridgehead atoms. The molecule has 2 aromatic heterocycles. The number of carbonyl (C=O) groups excluding carboxylic acids is 1. The van der Waals surface area contributed by atoms with E-state index in [9.17, 15) is 22.4 Å². The van der Waals surface area contributed by atoms with Crippen LogP contribution in [0.25, 0.3) is 5.82 Å². The van der Waals surface area contributed by atoms with E-state index in [0.717, 1.165) is 23.5 Å². The summed E-state index contributed by atoms with van der Waals surface area (Å²) in [7, 11) is 0. The lowest BCUT2D eigenvalue weighted by molar-refractivity contribution is -0.138. The standard InChI is InChI=1S/C23H23F4N3O3/c1-14(2)21-16(13-30(29-21)20-10-9-17(12-28-20)23(25,26)27)6-5-11-32-22-18(24)7-4-8-19(22)33-15(3)31/h4,7-10,12-14H,5-6,11H2,1-3H3. The Morgan fingerprint density at radius 3 is 2.55 bits per heavy atom. The maximum atomic E-state index is 14.1. The molecule has 2 heterocycles. The van der Waals surface area contributed by atoms with Crippen LogP contribution in [0.15, 0.2) is 42.7 Å². The highest BCUT2D eigenvalue weighted by atomic mass is 19.4. The molecule has 0 N–H and O–H groups in total. The first-order valence-electron chi connectivity index (χ1n) is 10.3. The van der Waals surface area contributed by atoms with Crippen molar-refractivity contribution in [3.63, 3.8) is 0 Å². The fraction of sp³-hybridized carbons (Fsp3) is 0.348. The maximum absolute atomic E-state index is 14.1. The van der Waals surface area contributed by atoms with Gasteiger partial charge in [-0.15, -0.1) is 0 Å². The molecule has 0 unspecified atom stereocenters. The molecule has 0 aliphatic carbocycles. The Hall–Kier alpha value is -3.43. The highest BCUT2D eigenvalue weighted by molar-refractivity contribution is 5.70. The number of hydrogen-bond acceptors (Lipinski definition) is 5. The molecule has 0 aliphatic rings. The lowest BCUT2D eigenvalue weighted by atomic mass is 10.0. The molecule has 0 fully saturated rings. The number of ether oxygens (including phenoxy) is 2. The van der Waals surface area contributed by atoms with Gasteiger partial charge in [0.05, 0.1) is 17.9 Å². The summed E-state index contributed by atoms with van der Waals surface area (Å²) in [5.74, 6) is -1.02. The van der Waals surface area contributed by atoms with Crippen molar-refractivity contribution in [3.8, 4) is 17.3 Å². The Kier molecular flexibility index (Phi) is 7.35. The summed E-state index contributed by atoms with van der Waals surface area (Å²) in [4.78, 5) is 15.1. The van der Waals surface area contributed by atoms with Gasteiger partial charge in [-0.2, -0.15) is 18.3 Å². The first-order valence-corrected chi connectivity index (χ1v) is 10.3. The zero-order chi connectivity index (χ0) is 24.2. The summed E-state index contributed by atoms with van der Waals surface area (Å²) in [6.45, 7) is 5.27. The van der Waals surface area contributed by atoms with E-state index in [4.69, 9.17) is 9.47 Å². The zero-order valence-corrected chi connectivity index (χ0v) is 18.3. The van der Waals surface area contributed by atoms with Crippen molar-refractivity contribution in [2.45, 2.75) is 45.7 Å². The third-order valence-electron chi connectivity index (χ3n) is 4.70. The number of alkyl halides is 3. The van der Waals surface area contributed by atoms with Gasteiger partial charge in [-0.25, -0.2) is 14.1 Å². The first-order chi connectivity index (χ1) is 15.6. The van der Waals surface area contributed by atoms with E-state index in [2.05, 4.69) is 10.1 Å². The molecule has 176 valence electrons. The van der Waals surface area contributed by atoms with Crippen LogP contribution >= 0.6 is 0 Å². The molecule has 6 nitrogen and oxygen atoms in total. The van der Waals surface area contributed by atoms with E-state index < -0.39 is 23.5 Å². The molecular formula is C23H23F4N3O3. The SMILES string of the molecule is CC(=O)Oc1cccc(F)c1OCCCc1cn(-c2ccc(C(F)(F)F)cn2)nc1C(C)C. The highest BCUT2D eigenvalue weighted by Gasteiger charge is 2.30. The molecule has 1 aromatic carbocycles. The normalized spacial score (nSPS) is 11.6. The van der Waals surface area contributed by atoms with Crippen molar-refractivity contribution < 1.29 is 31.8 Å². The second kappa shape index (κ2) is 10.0. The Bertz CT molecular complexity index is 1110. The van der Waals surface area contributed by atoms with E-state index in [1.165, 1.54) is 35.9 Å².